The summed E-state index contributed by atoms with van der Waals surface area (Å²) >= 11 is 0. The zero-order valence-corrected chi connectivity index (χ0v) is 19.4. The molecule has 8 nitrogen and oxygen atoms in total. The molecule has 2 aliphatic rings. The molecule has 0 bridgehead atoms. The maximum Gasteiger partial charge on any atom is 0.411 e. The summed E-state index contributed by atoms with van der Waals surface area (Å²) < 4.78 is 16.3. The van der Waals surface area contributed by atoms with Gasteiger partial charge in [0.15, 0.2) is 0 Å². The molecule has 0 saturated carbocycles. The van der Waals surface area contributed by atoms with Crippen molar-refractivity contribution in [3.05, 3.63) is 36.4 Å². The summed E-state index contributed by atoms with van der Waals surface area (Å²) in [6.45, 7) is 10.1. The van der Waals surface area contributed by atoms with Crippen molar-refractivity contribution >= 4 is 24.0 Å². The van der Waals surface area contributed by atoms with Gasteiger partial charge in [0.2, 0.25) is 0 Å². The molecule has 3 rings (SSSR count). The number of methoxy groups -OCH3 is 2. The van der Waals surface area contributed by atoms with Gasteiger partial charge < -0.3 is 23.9 Å². The fraction of sp³-hybridized carbons (Fsp3) is 0.542. The van der Waals surface area contributed by atoms with Gasteiger partial charge in [-0.15, -0.1) is 6.58 Å². The highest BCUT2D eigenvalue weighted by atomic mass is 16.6. The molecule has 2 heterocycles. The second-order valence-electron chi connectivity index (χ2n) is 9.14. The minimum absolute atomic E-state index is 0.0239. The minimum atomic E-state index is -0.863. The molecule has 1 aromatic rings. The number of fused-ring (bicyclic) bond motifs is 3. The molecular formula is C24H32N2O6. The van der Waals surface area contributed by atoms with Gasteiger partial charge in [-0.2, -0.15) is 0 Å². The maximum absolute atomic E-state index is 13.2. The molecule has 0 N–H and O–H groups in total. The van der Waals surface area contributed by atoms with Crippen molar-refractivity contribution in [3.8, 4) is 5.75 Å². The predicted octanol–water partition coefficient (Wildman–Crippen LogP) is 3.28. The molecule has 174 valence electrons. The monoisotopic (exact) mass is 444 g/mol. The molecule has 1 amide bonds. The van der Waals surface area contributed by atoms with Crippen molar-refractivity contribution in [2.75, 3.05) is 32.2 Å². The van der Waals surface area contributed by atoms with Crippen molar-refractivity contribution in [3.63, 3.8) is 0 Å². The number of carbonyl (C=O) groups excluding carboxylic acids is 3. The van der Waals surface area contributed by atoms with Gasteiger partial charge in [-0.05, 0) is 51.0 Å². The molecule has 0 aliphatic carbocycles. The number of rotatable bonds is 7. The van der Waals surface area contributed by atoms with E-state index in [2.05, 4.69) is 6.58 Å². The number of ether oxygens (including phenoxy) is 3. The first-order valence-electron chi connectivity index (χ1n) is 10.7. The average molecular weight is 445 g/mol. The topological polar surface area (TPSA) is 85.4 Å². The highest BCUT2D eigenvalue weighted by Crippen LogP contribution is 2.57. The molecule has 1 fully saturated rings. The van der Waals surface area contributed by atoms with Crippen LogP contribution in [0, 0.1) is 5.92 Å². The lowest BCUT2D eigenvalue weighted by atomic mass is 9.67. The first-order chi connectivity index (χ1) is 15.1. The van der Waals surface area contributed by atoms with Crippen LogP contribution in [0.3, 0.4) is 0 Å². The Morgan fingerprint density at radius 2 is 2.03 bits per heavy atom. The molecule has 0 unspecified atom stereocenters. The van der Waals surface area contributed by atoms with Gasteiger partial charge in [-0.1, -0.05) is 6.08 Å². The maximum atomic E-state index is 13.2. The van der Waals surface area contributed by atoms with E-state index in [4.69, 9.17) is 14.2 Å². The predicted molar refractivity (Wildman–Crippen MR) is 120 cm³/mol. The zero-order valence-electron chi connectivity index (χ0n) is 19.4. The van der Waals surface area contributed by atoms with E-state index in [0.717, 1.165) is 17.5 Å². The Bertz CT molecular complexity index is 908. The lowest BCUT2D eigenvalue weighted by molar-refractivity contribution is -0.149. The summed E-state index contributed by atoms with van der Waals surface area (Å²) in [5.41, 5.74) is 0.179. The second kappa shape index (κ2) is 8.84. The number of carbonyl (C=O) groups is 3. The average Bonchev–Trinajstić information content (AvgIpc) is 3.25. The number of aldehydes is 1. The molecule has 1 aromatic carbocycles. The highest BCUT2D eigenvalue weighted by Gasteiger charge is 2.64. The lowest BCUT2D eigenvalue weighted by Gasteiger charge is -2.40. The number of hydrogen-bond donors (Lipinski definition) is 0. The van der Waals surface area contributed by atoms with Crippen molar-refractivity contribution in [2.45, 2.75) is 50.8 Å². The molecule has 0 aromatic heterocycles. The standard InChI is InChI=1S/C24H32N2O6/c1-7-12-25-19-9-8-16(30-5)15-18(19)24(17(10-14-27)20(28)31-6)11-13-26(21(24)25)22(29)32-23(2,3)4/h7-9,14-15,17,21H,1,10-13H2,2-6H3/t17-,21-,24+/m0/s1. The first kappa shape index (κ1) is 23.6. The summed E-state index contributed by atoms with van der Waals surface area (Å²) in [6, 6.07) is 5.65. The molecule has 0 spiro atoms. The van der Waals surface area contributed by atoms with E-state index in [9.17, 15) is 14.4 Å². The Morgan fingerprint density at radius 1 is 1.31 bits per heavy atom. The van der Waals surface area contributed by atoms with Crippen molar-refractivity contribution < 1.29 is 28.6 Å². The van der Waals surface area contributed by atoms with Crippen LogP contribution in [0.2, 0.25) is 0 Å². The Hall–Kier alpha value is -3.03. The number of benzene rings is 1. The Kier molecular flexibility index (Phi) is 6.53. The van der Waals surface area contributed by atoms with Crippen LogP contribution in [0.1, 0.15) is 39.2 Å². The van der Waals surface area contributed by atoms with Crippen LogP contribution in [-0.2, 0) is 24.5 Å². The summed E-state index contributed by atoms with van der Waals surface area (Å²) in [4.78, 5) is 41.6. The Morgan fingerprint density at radius 3 is 2.59 bits per heavy atom. The number of anilines is 1. The van der Waals surface area contributed by atoms with Crippen LogP contribution in [0.4, 0.5) is 10.5 Å². The van der Waals surface area contributed by atoms with Crippen LogP contribution >= 0.6 is 0 Å². The van der Waals surface area contributed by atoms with Crippen molar-refractivity contribution in [2.24, 2.45) is 5.92 Å². The van der Waals surface area contributed by atoms with Gasteiger partial charge in [0.05, 0.1) is 25.6 Å². The van der Waals surface area contributed by atoms with Crippen LogP contribution in [0.25, 0.3) is 0 Å². The van der Waals surface area contributed by atoms with Gasteiger partial charge in [-0.25, -0.2) is 4.79 Å². The van der Waals surface area contributed by atoms with Crippen LogP contribution in [0.5, 0.6) is 5.75 Å². The minimum Gasteiger partial charge on any atom is -0.497 e. The number of likely N-dealkylation sites (tertiary alicyclic amines) is 1. The van der Waals surface area contributed by atoms with Gasteiger partial charge >= 0.3 is 12.1 Å². The number of nitrogens with zero attached hydrogens (tertiary/aromatic N) is 2. The third kappa shape index (κ3) is 3.82. The number of amides is 1. The van der Waals surface area contributed by atoms with E-state index in [1.54, 1.807) is 18.1 Å². The molecule has 2 aliphatic heterocycles. The van der Waals surface area contributed by atoms with Crippen LogP contribution in [0.15, 0.2) is 30.9 Å². The number of hydrogen-bond acceptors (Lipinski definition) is 7. The first-order valence-corrected chi connectivity index (χ1v) is 10.7. The van der Waals surface area contributed by atoms with Crippen LogP contribution in [-0.4, -0.2) is 62.3 Å². The normalized spacial score (nSPS) is 22.6. The van der Waals surface area contributed by atoms with E-state index in [-0.39, 0.29) is 6.42 Å². The lowest BCUT2D eigenvalue weighted by Crippen LogP contribution is -2.56. The molecule has 1 saturated heterocycles. The summed E-state index contributed by atoms with van der Waals surface area (Å²) in [5.74, 6) is -0.627. The van der Waals surface area contributed by atoms with E-state index < -0.39 is 35.2 Å². The summed E-state index contributed by atoms with van der Waals surface area (Å²) in [6.07, 6.45) is 1.93. The van der Waals surface area contributed by atoms with Crippen LogP contribution < -0.4 is 9.64 Å². The third-order valence-electron chi connectivity index (χ3n) is 6.23. The summed E-state index contributed by atoms with van der Waals surface area (Å²) in [5, 5.41) is 0. The Balaban J connectivity index is 2.23. The smallest absolute Gasteiger partial charge is 0.411 e. The second-order valence-corrected chi connectivity index (χ2v) is 9.14. The van der Waals surface area contributed by atoms with E-state index in [1.807, 2.05) is 43.9 Å². The number of esters is 1. The SMILES string of the molecule is C=CCN1c2ccc(OC)cc2[C@]2([C@@H](CC=O)C(=O)OC)CCN(C(=O)OC(C)(C)C)[C@H]12. The quantitative estimate of drug-likeness (QED) is 0.362. The molecule has 8 heteroatoms. The van der Waals surface area contributed by atoms with Crippen molar-refractivity contribution in [1.29, 1.82) is 0 Å². The molecular weight excluding hydrogens is 412 g/mol. The van der Waals surface area contributed by atoms with E-state index >= 15 is 0 Å². The van der Waals surface area contributed by atoms with E-state index in [0.29, 0.717) is 25.3 Å². The molecule has 32 heavy (non-hydrogen) atoms. The largest absolute Gasteiger partial charge is 0.497 e. The highest BCUT2D eigenvalue weighted by molar-refractivity contribution is 5.83. The summed E-state index contributed by atoms with van der Waals surface area (Å²) in [7, 11) is 2.89. The fourth-order valence-corrected chi connectivity index (χ4v) is 5.10. The van der Waals surface area contributed by atoms with Crippen molar-refractivity contribution in [1.82, 2.24) is 4.90 Å². The Labute approximate surface area is 189 Å². The van der Waals surface area contributed by atoms with Gasteiger partial charge in [0, 0.05) is 25.2 Å². The van der Waals surface area contributed by atoms with E-state index in [1.165, 1.54) is 7.11 Å². The van der Waals surface area contributed by atoms with Gasteiger partial charge in [-0.3, -0.25) is 9.69 Å². The molecule has 3 atom stereocenters. The molecule has 0 radical (unpaired) electrons. The fourth-order valence-electron chi connectivity index (χ4n) is 5.10. The van der Waals surface area contributed by atoms with Gasteiger partial charge in [0.25, 0.3) is 0 Å². The third-order valence-corrected chi connectivity index (χ3v) is 6.23. The van der Waals surface area contributed by atoms with Gasteiger partial charge in [0.1, 0.15) is 23.8 Å². The zero-order chi connectivity index (χ0) is 23.7.